The summed E-state index contributed by atoms with van der Waals surface area (Å²) < 4.78 is 17.4. The number of β-amino-alcohol motifs (C(OH)–C–C–N with tert-alkyl or cyclic N) is 1. The van der Waals surface area contributed by atoms with Crippen LogP contribution < -0.4 is 16.0 Å². The van der Waals surface area contributed by atoms with Crippen LogP contribution in [0, 0.1) is 11.7 Å². The van der Waals surface area contributed by atoms with Gasteiger partial charge in [0, 0.05) is 50.4 Å². The molecule has 0 unspecified atom stereocenters. The molecule has 11 heteroatoms. The first-order chi connectivity index (χ1) is 17.9. The summed E-state index contributed by atoms with van der Waals surface area (Å²) in [6.45, 7) is 2.06. The predicted molar refractivity (Wildman–Crippen MR) is 138 cm³/mol. The van der Waals surface area contributed by atoms with E-state index in [9.17, 15) is 9.90 Å². The number of aliphatic hydroxyl groups excluding tert-OH is 1. The maximum Gasteiger partial charge on any atom is 0.231 e. The number of aromatic nitrogens is 4. The van der Waals surface area contributed by atoms with Crippen molar-refractivity contribution >= 4 is 17.5 Å². The summed E-state index contributed by atoms with van der Waals surface area (Å²) in [6, 6.07) is 8.47. The standard InChI is InChI=1S/C26H33FN8O2/c1-33-13-20(11-32-33)18-4-2-17(3-5-18)12-35(21-6-7-21)26-24(27)25(30-16-31-26)29-10-19-8-9-34(14-22(19)36)15-23(28)37/h2-5,11,13,16,19,21-22,36H,6-10,12,14-15H2,1H3,(H2,28,37)(H,29,30,31)/t19-,22+/m0/s1. The lowest BCUT2D eigenvalue weighted by Crippen LogP contribution is -2.48. The highest BCUT2D eigenvalue weighted by Crippen LogP contribution is 2.35. The molecule has 2 atom stereocenters. The number of piperidine rings is 1. The van der Waals surface area contributed by atoms with E-state index in [0.717, 1.165) is 29.5 Å². The number of nitrogens with one attached hydrogen (secondary N) is 1. The van der Waals surface area contributed by atoms with Crippen molar-refractivity contribution in [3.05, 3.63) is 54.4 Å². The highest BCUT2D eigenvalue weighted by atomic mass is 19.1. The molecule has 4 N–H and O–H groups in total. The average Bonchev–Trinajstić information content (AvgIpc) is 3.63. The van der Waals surface area contributed by atoms with Crippen LogP contribution >= 0.6 is 0 Å². The van der Waals surface area contributed by atoms with Crippen LogP contribution in [0.25, 0.3) is 11.1 Å². The molecule has 0 bridgehead atoms. The van der Waals surface area contributed by atoms with Crippen LogP contribution in [0.2, 0.25) is 0 Å². The number of carbonyl (C=O) groups excluding carboxylic acids is 1. The van der Waals surface area contributed by atoms with Gasteiger partial charge in [-0.05, 0) is 36.9 Å². The number of aryl methyl sites for hydroxylation is 1. The molecule has 2 aliphatic rings. The molecule has 5 rings (SSSR count). The molecular formula is C26H33FN8O2. The maximum absolute atomic E-state index is 15.6. The Hall–Kier alpha value is -3.57. The third-order valence-electron chi connectivity index (χ3n) is 7.09. The van der Waals surface area contributed by atoms with Crippen molar-refractivity contribution in [3.63, 3.8) is 0 Å². The third kappa shape index (κ3) is 6.05. The van der Waals surface area contributed by atoms with Crippen LogP contribution in [-0.2, 0) is 18.4 Å². The fourth-order valence-corrected chi connectivity index (χ4v) is 4.89. The summed E-state index contributed by atoms with van der Waals surface area (Å²) in [5, 5.41) is 17.8. The van der Waals surface area contributed by atoms with Crippen molar-refractivity contribution in [2.24, 2.45) is 18.7 Å². The first-order valence-electron chi connectivity index (χ1n) is 12.6. The number of likely N-dealkylation sites (tertiary alicyclic amines) is 1. The molecule has 0 radical (unpaired) electrons. The van der Waals surface area contributed by atoms with E-state index in [-0.39, 0.29) is 30.1 Å². The second-order valence-corrected chi connectivity index (χ2v) is 10.0. The van der Waals surface area contributed by atoms with Gasteiger partial charge in [-0.25, -0.2) is 9.97 Å². The molecule has 2 aromatic heterocycles. The Balaban J connectivity index is 1.25. The van der Waals surface area contributed by atoms with E-state index in [4.69, 9.17) is 5.73 Å². The van der Waals surface area contributed by atoms with E-state index < -0.39 is 17.8 Å². The van der Waals surface area contributed by atoms with E-state index in [1.165, 1.54) is 6.33 Å². The zero-order valence-corrected chi connectivity index (χ0v) is 20.9. The Labute approximate surface area is 215 Å². The lowest BCUT2D eigenvalue weighted by atomic mass is 9.93. The van der Waals surface area contributed by atoms with Gasteiger partial charge in [-0.2, -0.15) is 9.49 Å². The van der Waals surface area contributed by atoms with Crippen molar-refractivity contribution in [2.75, 3.05) is 36.4 Å². The van der Waals surface area contributed by atoms with Crippen LogP contribution in [0.1, 0.15) is 24.8 Å². The monoisotopic (exact) mass is 508 g/mol. The fraction of sp³-hybridized carbons (Fsp3) is 0.462. The molecule has 2 fully saturated rings. The normalized spacial score (nSPS) is 20.1. The average molecular weight is 509 g/mol. The van der Waals surface area contributed by atoms with Crippen LogP contribution in [0.5, 0.6) is 0 Å². The van der Waals surface area contributed by atoms with Gasteiger partial charge in [0.25, 0.3) is 0 Å². The Morgan fingerprint density at radius 2 is 2.00 bits per heavy atom. The molecule has 3 aromatic rings. The number of carbonyl (C=O) groups is 1. The summed E-state index contributed by atoms with van der Waals surface area (Å²) in [5.74, 6) is -0.562. The molecule has 1 aliphatic carbocycles. The number of hydrogen-bond acceptors (Lipinski definition) is 8. The second kappa shape index (κ2) is 10.8. The number of aliphatic hydroxyl groups is 1. The van der Waals surface area contributed by atoms with Gasteiger partial charge in [0.05, 0.1) is 18.8 Å². The van der Waals surface area contributed by atoms with Crippen molar-refractivity contribution in [3.8, 4) is 11.1 Å². The molecule has 1 aliphatic heterocycles. The van der Waals surface area contributed by atoms with Gasteiger partial charge >= 0.3 is 0 Å². The van der Waals surface area contributed by atoms with E-state index in [1.807, 2.05) is 29.2 Å². The molecule has 1 saturated carbocycles. The number of anilines is 2. The van der Waals surface area contributed by atoms with Crippen LogP contribution in [0.3, 0.4) is 0 Å². The number of halogens is 1. The number of nitrogens with zero attached hydrogens (tertiary/aromatic N) is 6. The zero-order valence-electron chi connectivity index (χ0n) is 20.9. The van der Waals surface area contributed by atoms with Gasteiger partial charge in [-0.15, -0.1) is 0 Å². The highest BCUT2D eigenvalue weighted by Gasteiger charge is 2.33. The summed E-state index contributed by atoms with van der Waals surface area (Å²) >= 11 is 0. The van der Waals surface area contributed by atoms with Crippen LogP contribution in [0.15, 0.2) is 43.0 Å². The molecule has 37 heavy (non-hydrogen) atoms. The second-order valence-electron chi connectivity index (χ2n) is 10.0. The quantitative estimate of drug-likeness (QED) is 0.378. The van der Waals surface area contributed by atoms with Crippen LogP contribution in [0.4, 0.5) is 16.0 Å². The summed E-state index contributed by atoms with van der Waals surface area (Å²) in [4.78, 5) is 23.4. The molecule has 196 valence electrons. The molecule has 1 amide bonds. The summed E-state index contributed by atoms with van der Waals surface area (Å²) in [6.07, 6.45) is 7.21. The zero-order chi connectivity index (χ0) is 25.9. The molecule has 0 spiro atoms. The number of nitrogens with two attached hydrogens (primary N) is 1. The van der Waals surface area contributed by atoms with Gasteiger partial charge < -0.3 is 21.1 Å². The minimum Gasteiger partial charge on any atom is -0.391 e. The van der Waals surface area contributed by atoms with E-state index in [1.54, 1.807) is 4.68 Å². The first-order valence-corrected chi connectivity index (χ1v) is 12.6. The highest BCUT2D eigenvalue weighted by molar-refractivity contribution is 5.75. The van der Waals surface area contributed by atoms with Gasteiger partial charge in [0.1, 0.15) is 6.33 Å². The van der Waals surface area contributed by atoms with E-state index in [2.05, 4.69) is 44.6 Å². The number of benzene rings is 1. The van der Waals surface area contributed by atoms with Gasteiger partial charge in [0.15, 0.2) is 11.6 Å². The Morgan fingerprint density at radius 3 is 2.65 bits per heavy atom. The lowest BCUT2D eigenvalue weighted by Gasteiger charge is -2.35. The smallest absolute Gasteiger partial charge is 0.231 e. The van der Waals surface area contributed by atoms with Gasteiger partial charge in [-0.3, -0.25) is 14.4 Å². The molecule has 1 saturated heterocycles. The molecule has 3 heterocycles. The number of amides is 1. The van der Waals surface area contributed by atoms with Crippen molar-refractivity contribution < 1.29 is 14.3 Å². The van der Waals surface area contributed by atoms with Crippen molar-refractivity contribution in [1.82, 2.24) is 24.6 Å². The molecular weight excluding hydrogens is 475 g/mol. The van der Waals surface area contributed by atoms with Gasteiger partial charge in [-0.1, -0.05) is 24.3 Å². The fourth-order valence-electron chi connectivity index (χ4n) is 4.89. The Morgan fingerprint density at radius 1 is 1.22 bits per heavy atom. The minimum absolute atomic E-state index is 0.0835. The predicted octanol–water partition coefficient (Wildman–Crippen LogP) is 1.77. The first kappa shape index (κ1) is 25.1. The topological polar surface area (TPSA) is 125 Å². The Bertz CT molecular complexity index is 1230. The van der Waals surface area contributed by atoms with E-state index >= 15 is 4.39 Å². The molecule has 1 aromatic carbocycles. The number of rotatable bonds is 10. The Kier molecular flexibility index (Phi) is 7.33. The van der Waals surface area contributed by atoms with Crippen LogP contribution in [-0.4, -0.2) is 74.0 Å². The summed E-state index contributed by atoms with van der Waals surface area (Å²) in [7, 11) is 1.89. The van der Waals surface area contributed by atoms with E-state index in [0.29, 0.717) is 32.6 Å². The SMILES string of the molecule is Cn1cc(-c2ccc(CN(c3ncnc(NC[C@@H]4CCN(CC(N)=O)C[C@H]4O)c3F)C3CC3)cc2)cn1. The van der Waals surface area contributed by atoms with Crippen molar-refractivity contribution in [1.29, 1.82) is 0 Å². The van der Waals surface area contributed by atoms with Gasteiger partial charge in [0.2, 0.25) is 11.7 Å². The number of primary amides is 1. The summed E-state index contributed by atoms with van der Waals surface area (Å²) in [5.41, 5.74) is 8.46. The minimum atomic E-state index is -0.637. The number of hydrogen-bond donors (Lipinski definition) is 3. The maximum atomic E-state index is 15.6. The third-order valence-corrected chi connectivity index (χ3v) is 7.09. The molecule has 10 nitrogen and oxygen atoms in total. The largest absolute Gasteiger partial charge is 0.391 e. The van der Waals surface area contributed by atoms with Crippen molar-refractivity contribution in [2.45, 2.75) is 38.0 Å². The lowest BCUT2D eigenvalue weighted by molar-refractivity contribution is -0.120.